The number of phenols is 1. The molecule has 0 fully saturated rings. The van der Waals surface area contributed by atoms with Crippen molar-refractivity contribution < 1.29 is 15.0 Å². The van der Waals surface area contributed by atoms with Gasteiger partial charge in [-0.05, 0) is 19.1 Å². The van der Waals surface area contributed by atoms with E-state index in [0.717, 1.165) is 4.90 Å². The van der Waals surface area contributed by atoms with E-state index in [1.54, 1.807) is 19.1 Å². The number of para-hydroxylation sites is 2. The molecule has 1 aromatic carbocycles. The van der Waals surface area contributed by atoms with E-state index in [2.05, 4.69) is 5.92 Å². The van der Waals surface area contributed by atoms with Crippen LogP contribution in [-0.2, 0) is 0 Å². The van der Waals surface area contributed by atoms with E-state index in [1.807, 2.05) is 0 Å². The third-order valence-electron chi connectivity index (χ3n) is 1.98. The molecule has 0 aliphatic carbocycles. The summed E-state index contributed by atoms with van der Waals surface area (Å²) in [5, 5.41) is 18.5. The first kappa shape index (κ1) is 10.9. The van der Waals surface area contributed by atoms with E-state index in [1.165, 1.54) is 12.1 Å². The predicted octanol–water partition coefficient (Wildman–Crippen LogP) is 1.90. The average Bonchev–Trinajstić information content (AvgIpc) is 2.20. The Hall–Kier alpha value is -2.15. The molecule has 0 bridgehead atoms. The number of carboxylic acid groups (broad SMARTS) is 1. The second-order valence-corrected chi connectivity index (χ2v) is 2.98. The molecule has 15 heavy (non-hydrogen) atoms. The number of hydrogen-bond acceptors (Lipinski definition) is 2. The van der Waals surface area contributed by atoms with Crippen molar-refractivity contribution in [1.29, 1.82) is 0 Å². The molecule has 78 valence electrons. The second-order valence-electron chi connectivity index (χ2n) is 2.98. The lowest BCUT2D eigenvalue weighted by molar-refractivity contribution is 0.200. The maximum absolute atomic E-state index is 11.0. The summed E-state index contributed by atoms with van der Waals surface area (Å²) < 4.78 is 0. The van der Waals surface area contributed by atoms with Gasteiger partial charge in [-0.25, -0.2) is 4.79 Å². The Morgan fingerprint density at radius 2 is 2.13 bits per heavy atom. The van der Waals surface area contributed by atoms with Gasteiger partial charge < -0.3 is 10.2 Å². The Kier molecular flexibility index (Phi) is 3.19. The second kappa shape index (κ2) is 4.38. The molecule has 0 aliphatic rings. The Labute approximate surface area is 87.8 Å². The van der Waals surface area contributed by atoms with Crippen LogP contribution in [0.4, 0.5) is 10.5 Å². The summed E-state index contributed by atoms with van der Waals surface area (Å²) in [5.74, 6) is 2.20. The van der Waals surface area contributed by atoms with Crippen molar-refractivity contribution >= 4 is 11.8 Å². The highest BCUT2D eigenvalue weighted by atomic mass is 16.4. The van der Waals surface area contributed by atoms with Gasteiger partial charge in [0.2, 0.25) is 0 Å². The highest BCUT2D eigenvalue weighted by Gasteiger charge is 2.21. The third kappa shape index (κ3) is 2.20. The maximum atomic E-state index is 11.0. The van der Waals surface area contributed by atoms with Gasteiger partial charge in [0.25, 0.3) is 0 Å². The van der Waals surface area contributed by atoms with E-state index in [9.17, 15) is 9.90 Å². The van der Waals surface area contributed by atoms with Gasteiger partial charge in [0.15, 0.2) is 0 Å². The molecule has 1 atom stereocenters. The van der Waals surface area contributed by atoms with E-state index in [-0.39, 0.29) is 11.4 Å². The summed E-state index contributed by atoms with van der Waals surface area (Å²) in [6, 6.07) is 5.52. The number of terminal acetylenes is 1. The summed E-state index contributed by atoms with van der Waals surface area (Å²) in [7, 11) is 0. The Bertz CT molecular complexity index is 409. The quantitative estimate of drug-likeness (QED) is 0.725. The van der Waals surface area contributed by atoms with Gasteiger partial charge in [-0.3, -0.25) is 4.90 Å². The topological polar surface area (TPSA) is 60.8 Å². The van der Waals surface area contributed by atoms with Crippen molar-refractivity contribution in [2.45, 2.75) is 13.0 Å². The fraction of sp³-hybridized carbons (Fsp3) is 0.182. The number of phenolic OH excluding ortho intramolecular Hbond substituents is 1. The van der Waals surface area contributed by atoms with Crippen molar-refractivity contribution in [3.63, 3.8) is 0 Å². The number of benzene rings is 1. The van der Waals surface area contributed by atoms with Crippen LogP contribution in [0.2, 0.25) is 0 Å². The summed E-state index contributed by atoms with van der Waals surface area (Å²) in [4.78, 5) is 11.9. The van der Waals surface area contributed by atoms with Crippen LogP contribution < -0.4 is 4.90 Å². The number of hydrogen-bond donors (Lipinski definition) is 2. The molecule has 0 spiro atoms. The van der Waals surface area contributed by atoms with Crippen LogP contribution in [0, 0.1) is 12.3 Å². The van der Waals surface area contributed by atoms with Crippen LogP contribution in [0.15, 0.2) is 24.3 Å². The fourth-order valence-electron chi connectivity index (χ4n) is 1.22. The van der Waals surface area contributed by atoms with Crippen LogP contribution in [0.5, 0.6) is 5.75 Å². The van der Waals surface area contributed by atoms with Crippen molar-refractivity contribution in [1.82, 2.24) is 0 Å². The smallest absolute Gasteiger partial charge is 0.413 e. The first-order valence-corrected chi connectivity index (χ1v) is 4.34. The number of nitrogens with zero attached hydrogens (tertiary/aromatic N) is 1. The molecular formula is C11H11NO3. The van der Waals surface area contributed by atoms with Crippen LogP contribution in [0.3, 0.4) is 0 Å². The van der Waals surface area contributed by atoms with E-state index >= 15 is 0 Å². The minimum atomic E-state index is -1.19. The summed E-state index contributed by atoms with van der Waals surface area (Å²) in [6.45, 7) is 1.57. The van der Waals surface area contributed by atoms with Crippen molar-refractivity contribution in [3.05, 3.63) is 24.3 Å². The Morgan fingerprint density at radius 3 is 2.60 bits per heavy atom. The molecule has 4 heteroatoms. The predicted molar refractivity (Wildman–Crippen MR) is 56.9 cm³/mol. The van der Waals surface area contributed by atoms with Gasteiger partial charge in [-0.15, -0.1) is 6.42 Å². The first-order valence-electron chi connectivity index (χ1n) is 4.34. The number of aromatic hydroxyl groups is 1. The summed E-state index contributed by atoms with van der Waals surface area (Å²) in [6.07, 6.45) is 3.97. The minimum absolute atomic E-state index is 0.109. The molecular weight excluding hydrogens is 194 g/mol. The van der Waals surface area contributed by atoms with Gasteiger partial charge in [0.1, 0.15) is 5.75 Å². The zero-order valence-corrected chi connectivity index (χ0v) is 8.21. The Morgan fingerprint density at radius 1 is 1.53 bits per heavy atom. The maximum Gasteiger partial charge on any atom is 0.413 e. The van der Waals surface area contributed by atoms with Crippen LogP contribution in [0.25, 0.3) is 0 Å². The van der Waals surface area contributed by atoms with E-state index in [0.29, 0.717) is 0 Å². The van der Waals surface area contributed by atoms with Crippen molar-refractivity contribution in [2.75, 3.05) is 4.90 Å². The van der Waals surface area contributed by atoms with Crippen LogP contribution in [0.1, 0.15) is 6.92 Å². The summed E-state index contributed by atoms with van der Waals surface area (Å²) in [5.41, 5.74) is 0.190. The number of carbonyl (C=O) groups is 1. The molecule has 0 aromatic heterocycles. The molecule has 0 saturated carbocycles. The molecule has 1 unspecified atom stereocenters. The molecule has 0 saturated heterocycles. The lowest BCUT2D eigenvalue weighted by Gasteiger charge is -2.23. The van der Waals surface area contributed by atoms with E-state index in [4.69, 9.17) is 11.5 Å². The molecule has 1 rings (SSSR count). The normalized spacial score (nSPS) is 11.5. The van der Waals surface area contributed by atoms with Crippen LogP contribution >= 0.6 is 0 Å². The molecule has 1 aromatic rings. The molecule has 2 N–H and O–H groups in total. The van der Waals surface area contributed by atoms with Gasteiger partial charge in [-0.1, -0.05) is 18.1 Å². The van der Waals surface area contributed by atoms with Gasteiger partial charge in [-0.2, -0.15) is 0 Å². The third-order valence-corrected chi connectivity index (χ3v) is 1.98. The first-order chi connectivity index (χ1) is 7.07. The van der Waals surface area contributed by atoms with Gasteiger partial charge in [0.05, 0.1) is 11.7 Å². The Balaban J connectivity index is 3.17. The fourth-order valence-corrected chi connectivity index (χ4v) is 1.22. The largest absolute Gasteiger partial charge is 0.506 e. The summed E-state index contributed by atoms with van der Waals surface area (Å²) >= 11 is 0. The molecule has 4 nitrogen and oxygen atoms in total. The number of rotatable bonds is 2. The SMILES string of the molecule is C#CC(C)N(C(=O)O)c1ccccc1O. The lowest BCUT2D eigenvalue weighted by Crippen LogP contribution is -2.36. The van der Waals surface area contributed by atoms with E-state index < -0.39 is 12.1 Å². The number of anilines is 1. The van der Waals surface area contributed by atoms with Gasteiger partial charge in [0, 0.05) is 0 Å². The minimum Gasteiger partial charge on any atom is -0.506 e. The zero-order valence-electron chi connectivity index (χ0n) is 8.21. The highest BCUT2D eigenvalue weighted by Crippen LogP contribution is 2.27. The monoisotopic (exact) mass is 205 g/mol. The molecule has 0 heterocycles. The molecule has 0 radical (unpaired) electrons. The molecule has 1 amide bonds. The lowest BCUT2D eigenvalue weighted by atomic mass is 10.2. The zero-order chi connectivity index (χ0) is 11.4. The number of amides is 1. The highest BCUT2D eigenvalue weighted by molar-refractivity contribution is 5.89. The molecule has 0 aliphatic heterocycles. The van der Waals surface area contributed by atoms with Crippen molar-refractivity contribution in [2.24, 2.45) is 0 Å². The van der Waals surface area contributed by atoms with Gasteiger partial charge >= 0.3 is 6.09 Å². The standard InChI is InChI=1S/C11H11NO3/c1-3-8(2)12(11(14)15)9-6-4-5-7-10(9)13/h1,4-8,13H,2H3,(H,14,15). The average molecular weight is 205 g/mol. The van der Waals surface area contributed by atoms with Crippen molar-refractivity contribution in [3.8, 4) is 18.1 Å². The van der Waals surface area contributed by atoms with Crippen LogP contribution in [-0.4, -0.2) is 22.3 Å².